The zero-order chi connectivity index (χ0) is 17.6. The lowest BCUT2D eigenvalue weighted by molar-refractivity contribution is 0.233. The maximum atomic E-state index is 13.0. The Morgan fingerprint density at radius 2 is 1.79 bits per heavy atom. The van der Waals surface area contributed by atoms with E-state index in [1.54, 1.807) is 16.4 Å². The number of nitrogens with zero attached hydrogens (tertiary/aromatic N) is 1. The summed E-state index contributed by atoms with van der Waals surface area (Å²) in [4.78, 5) is 0.364. The maximum absolute atomic E-state index is 13.0. The minimum atomic E-state index is -3.47. The Labute approximate surface area is 146 Å². The van der Waals surface area contributed by atoms with Crippen LogP contribution in [0.1, 0.15) is 57.4 Å². The molecule has 136 valence electrons. The molecule has 5 heteroatoms. The summed E-state index contributed by atoms with van der Waals surface area (Å²) in [6.45, 7) is 4.64. The van der Waals surface area contributed by atoms with Crippen molar-refractivity contribution in [3.8, 4) is 0 Å². The third kappa shape index (κ3) is 4.80. The average molecular weight is 354 g/mol. The van der Waals surface area contributed by atoms with Gasteiger partial charge in [-0.3, -0.25) is 0 Å². The summed E-state index contributed by atoms with van der Waals surface area (Å²) < 4.78 is 27.6. The third-order valence-electron chi connectivity index (χ3n) is 4.98. The number of hydrogen-bond acceptors (Lipinski definition) is 3. The third-order valence-corrected chi connectivity index (χ3v) is 6.91. The monoisotopic (exact) mass is 353 g/mol. The predicted octanol–water partition coefficient (Wildman–Crippen LogP) is 3.73. The van der Waals surface area contributed by atoms with Gasteiger partial charge in [0.2, 0.25) is 10.0 Å². The van der Waals surface area contributed by atoms with Crippen molar-refractivity contribution in [1.29, 1.82) is 0 Å². The molecule has 1 aliphatic heterocycles. The van der Waals surface area contributed by atoms with Crippen molar-refractivity contribution < 1.29 is 13.5 Å². The highest BCUT2D eigenvalue weighted by atomic mass is 32.2. The lowest BCUT2D eigenvalue weighted by Crippen LogP contribution is -2.35. The zero-order valence-corrected chi connectivity index (χ0v) is 15.8. The topological polar surface area (TPSA) is 57.6 Å². The van der Waals surface area contributed by atoms with Crippen LogP contribution in [0, 0.1) is 12.8 Å². The summed E-state index contributed by atoms with van der Waals surface area (Å²) in [6, 6.07) is 7.08. The highest BCUT2D eigenvalue weighted by Gasteiger charge is 2.39. The summed E-state index contributed by atoms with van der Waals surface area (Å²) in [6.07, 6.45) is 7.56. The first-order valence-corrected chi connectivity index (χ1v) is 10.6. The van der Waals surface area contributed by atoms with Gasteiger partial charge in [0.1, 0.15) is 0 Å². The number of unbranched alkanes of at least 4 members (excludes halogenated alkanes) is 4. The number of sulfonamides is 1. The van der Waals surface area contributed by atoms with Crippen LogP contribution in [0.5, 0.6) is 0 Å². The van der Waals surface area contributed by atoms with Crippen LogP contribution < -0.4 is 0 Å². The predicted molar refractivity (Wildman–Crippen MR) is 97.4 cm³/mol. The summed E-state index contributed by atoms with van der Waals surface area (Å²) in [5.41, 5.74) is 1.05. The van der Waals surface area contributed by atoms with E-state index in [0.717, 1.165) is 31.2 Å². The molecule has 2 rings (SSSR count). The molecule has 1 heterocycles. The summed E-state index contributed by atoms with van der Waals surface area (Å²) in [7, 11) is -3.47. The number of aliphatic hydroxyl groups is 1. The molecule has 0 unspecified atom stereocenters. The Bertz CT molecular complexity index is 598. The molecule has 1 aromatic rings. The molecule has 0 aliphatic carbocycles. The maximum Gasteiger partial charge on any atom is 0.243 e. The Balaban J connectivity index is 2.07. The molecule has 2 atom stereocenters. The number of benzene rings is 1. The van der Waals surface area contributed by atoms with Crippen LogP contribution in [0.4, 0.5) is 0 Å². The quantitative estimate of drug-likeness (QED) is 0.688. The van der Waals surface area contributed by atoms with Crippen LogP contribution in [0.15, 0.2) is 29.2 Å². The summed E-state index contributed by atoms with van der Waals surface area (Å²) in [5, 5.41) is 9.49. The summed E-state index contributed by atoms with van der Waals surface area (Å²) in [5.74, 6) is 0.0610. The number of aliphatic hydroxyl groups excluding tert-OH is 1. The standard InChI is InChI=1S/C19H31NO3S/c1-3-4-5-6-7-8-18-13-17(15-21)14-20(18)24(22,23)19-11-9-16(2)10-12-19/h9-12,17-18,21H,3-8,13-15H2,1-2H3/t17-,18-/m0/s1. The minimum Gasteiger partial charge on any atom is -0.396 e. The molecule has 1 aromatic carbocycles. The van der Waals surface area contributed by atoms with Crippen molar-refractivity contribution >= 4 is 10.0 Å². The second-order valence-electron chi connectivity index (χ2n) is 7.03. The molecule has 0 saturated carbocycles. The fourth-order valence-corrected chi connectivity index (χ4v) is 5.24. The lowest BCUT2D eigenvalue weighted by Gasteiger charge is -2.24. The van der Waals surface area contributed by atoms with Crippen molar-refractivity contribution in [2.45, 2.75) is 69.7 Å². The second-order valence-corrected chi connectivity index (χ2v) is 8.92. The molecule has 24 heavy (non-hydrogen) atoms. The number of hydrogen-bond donors (Lipinski definition) is 1. The fourth-order valence-electron chi connectivity index (χ4n) is 3.50. The Hall–Kier alpha value is -0.910. The van der Waals surface area contributed by atoms with Crippen molar-refractivity contribution in [1.82, 2.24) is 4.31 Å². The van der Waals surface area contributed by atoms with Gasteiger partial charge in [0, 0.05) is 19.2 Å². The zero-order valence-electron chi connectivity index (χ0n) is 14.9. The normalized spacial score (nSPS) is 22.1. The minimum absolute atomic E-state index is 0.0232. The van der Waals surface area contributed by atoms with E-state index in [1.165, 1.54) is 19.3 Å². The SMILES string of the molecule is CCCCCCC[C@H]1C[C@H](CO)CN1S(=O)(=O)c1ccc(C)cc1. The molecule has 1 N–H and O–H groups in total. The second kappa shape index (κ2) is 8.97. The highest BCUT2D eigenvalue weighted by Crippen LogP contribution is 2.32. The molecular formula is C19H31NO3S. The van der Waals surface area contributed by atoms with Crippen molar-refractivity contribution in [3.05, 3.63) is 29.8 Å². The van der Waals surface area contributed by atoms with Gasteiger partial charge >= 0.3 is 0 Å². The molecule has 0 aromatic heterocycles. The molecule has 4 nitrogen and oxygen atoms in total. The molecular weight excluding hydrogens is 322 g/mol. The van der Waals surface area contributed by atoms with Crippen LogP contribution in [-0.4, -0.2) is 37.0 Å². The van der Waals surface area contributed by atoms with Gasteiger partial charge in [-0.2, -0.15) is 4.31 Å². The van der Waals surface area contributed by atoms with Gasteiger partial charge in [0.15, 0.2) is 0 Å². The van der Waals surface area contributed by atoms with Crippen LogP contribution >= 0.6 is 0 Å². The average Bonchev–Trinajstić information content (AvgIpc) is 2.99. The van der Waals surface area contributed by atoms with E-state index in [0.29, 0.717) is 11.4 Å². The molecule has 0 spiro atoms. The molecule has 1 fully saturated rings. The first kappa shape index (κ1) is 19.4. The first-order chi connectivity index (χ1) is 11.5. The van der Waals surface area contributed by atoms with E-state index in [-0.39, 0.29) is 18.6 Å². The van der Waals surface area contributed by atoms with Gasteiger partial charge in [-0.05, 0) is 37.8 Å². The molecule has 1 aliphatic rings. The smallest absolute Gasteiger partial charge is 0.243 e. The molecule has 0 amide bonds. The van der Waals surface area contributed by atoms with Gasteiger partial charge in [0.05, 0.1) is 4.90 Å². The van der Waals surface area contributed by atoms with E-state index < -0.39 is 10.0 Å². The van der Waals surface area contributed by atoms with Gasteiger partial charge < -0.3 is 5.11 Å². The van der Waals surface area contributed by atoms with E-state index in [2.05, 4.69) is 6.92 Å². The van der Waals surface area contributed by atoms with Crippen molar-refractivity contribution in [2.24, 2.45) is 5.92 Å². The number of rotatable bonds is 9. The van der Waals surface area contributed by atoms with Crippen molar-refractivity contribution in [3.63, 3.8) is 0 Å². The van der Waals surface area contributed by atoms with Crippen LogP contribution in [0.2, 0.25) is 0 Å². The first-order valence-electron chi connectivity index (χ1n) is 9.18. The molecule has 1 saturated heterocycles. The highest BCUT2D eigenvalue weighted by molar-refractivity contribution is 7.89. The largest absolute Gasteiger partial charge is 0.396 e. The van der Waals surface area contributed by atoms with Gasteiger partial charge in [-0.15, -0.1) is 0 Å². The van der Waals surface area contributed by atoms with Crippen LogP contribution in [0.3, 0.4) is 0 Å². The van der Waals surface area contributed by atoms with E-state index in [4.69, 9.17) is 0 Å². The van der Waals surface area contributed by atoms with Gasteiger partial charge in [-0.25, -0.2) is 8.42 Å². The Kier molecular flexibility index (Phi) is 7.26. The Morgan fingerprint density at radius 3 is 2.42 bits per heavy atom. The fraction of sp³-hybridized carbons (Fsp3) is 0.684. The van der Waals surface area contributed by atoms with E-state index >= 15 is 0 Å². The van der Waals surface area contributed by atoms with Crippen molar-refractivity contribution in [2.75, 3.05) is 13.2 Å². The lowest BCUT2D eigenvalue weighted by atomic mass is 10.0. The molecule has 0 bridgehead atoms. The van der Waals surface area contributed by atoms with E-state index in [1.807, 2.05) is 19.1 Å². The van der Waals surface area contributed by atoms with E-state index in [9.17, 15) is 13.5 Å². The molecule has 0 radical (unpaired) electrons. The summed E-state index contributed by atoms with van der Waals surface area (Å²) >= 11 is 0. The van der Waals surface area contributed by atoms with Gasteiger partial charge in [-0.1, -0.05) is 56.7 Å². The van der Waals surface area contributed by atoms with Crippen LogP contribution in [-0.2, 0) is 10.0 Å². The number of aryl methyl sites for hydroxylation is 1. The van der Waals surface area contributed by atoms with Gasteiger partial charge in [0.25, 0.3) is 0 Å². The Morgan fingerprint density at radius 1 is 1.12 bits per heavy atom. The van der Waals surface area contributed by atoms with Crippen LogP contribution in [0.25, 0.3) is 0 Å².